The van der Waals surface area contributed by atoms with E-state index in [4.69, 9.17) is 10.8 Å². The molecule has 0 spiro atoms. The molecule has 4 nitrogen and oxygen atoms in total. The van der Waals surface area contributed by atoms with Crippen molar-refractivity contribution >= 4 is 22.2 Å². The number of aliphatic hydroxyl groups excluding tert-OH is 1. The lowest BCUT2D eigenvalue weighted by Gasteiger charge is -2.09. The van der Waals surface area contributed by atoms with Gasteiger partial charge in [-0.3, -0.25) is 0 Å². The standard InChI is InChI=1S/C10H15NO3S.ClH/c1-2-15(13,14)9-5-3-8(4-6-9)10(11)7-12;/h3-6,10,12H,2,7,11H2,1H3;1H. The Morgan fingerprint density at radius 3 is 2.19 bits per heavy atom. The average Bonchev–Trinajstić information content (AvgIpc) is 2.28. The molecule has 3 N–H and O–H groups in total. The summed E-state index contributed by atoms with van der Waals surface area (Å²) in [6, 6.07) is 5.84. The molecule has 0 saturated heterocycles. The zero-order valence-electron chi connectivity index (χ0n) is 8.96. The van der Waals surface area contributed by atoms with Crippen LogP contribution in [0.4, 0.5) is 0 Å². The fourth-order valence-electron chi connectivity index (χ4n) is 1.19. The van der Waals surface area contributed by atoms with Crippen LogP contribution >= 0.6 is 12.4 Å². The van der Waals surface area contributed by atoms with Crippen molar-refractivity contribution in [2.45, 2.75) is 17.9 Å². The van der Waals surface area contributed by atoms with E-state index in [9.17, 15) is 8.42 Å². The maximum atomic E-state index is 11.5. The van der Waals surface area contributed by atoms with Crippen LogP contribution in [0.25, 0.3) is 0 Å². The molecule has 1 atom stereocenters. The van der Waals surface area contributed by atoms with E-state index < -0.39 is 15.9 Å². The number of halogens is 1. The van der Waals surface area contributed by atoms with Gasteiger partial charge in [-0.2, -0.15) is 0 Å². The molecule has 1 aromatic rings. The third-order valence-electron chi connectivity index (χ3n) is 2.24. The second-order valence-corrected chi connectivity index (χ2v) is 5.54. The Kier molecular flexibility index (Phi) is 5.96. The number of hydrogen-bond acceptors (Lipinski definition) is 4. The van der Waals surface area contributed by atoms with Crippen molar-refractivity contribution in [3.8, 4) is 0 Å². The summed E-state index contributed by atoms with van der Waals surface area (Å²) in [6.45, 7) is 1.45. The van der Waals surface area contributed by atoms with Crippen LogP contribution in [-0.4, -0.2) is 25.9 Å². The quantitative estimate of drug-likeness (QED) is 0.847. The number of aliphatic hydroxyl groups is 1. The van der Waals surface area contributed by atoms with Crippen molar-refractivity contribution < 1.29 is 13.5 Å². The lowest BCUT2D eigenvalue weighted by molar-refractivity contribution is 0.268. The third-order valence-corrected chi connectivity index (χ3v) is 3.99. The molecule has 0 aliphatic carbocycles. The first-order valence-electron chi connectivity index (χ1n) is 4.70. The Labute approximate surface area is 102 Å². The molecule has 16 heavy (non-hydrogen) atoms. The van der Waals surface area contributed by atoms with Crippen LogP contribution in [0, 0.1) is 0 Å². The lowest BCUT2D eigenvalue weighted by atomic mass is 10.1. The molecule has 1 rings (SSSR count). The normalized spacial score (nSPS) is 12.9. The Morgan fingerprint density at radius 1 is 1.31 bits per heavy atom. The molecular formula is C10H16ClNO3S. The number of rotatable bonds is 4. The minimum atomic E-state index is -3.15. The van der Waals surface area contributed by atoms with Crippen molar-refractivity contribution in [2.75, 3.05) is 12.4 Å². The Hall–Kier alpha value is -0.620. The van der Waals surface area contributed by atoms with Crippen LogP contribution in [0.5, 0.6) is 0 Å². The first-order valence-corrected chi connectivity index (χ1v) is 6.35. The van der Waals surface area contributed by atoms with Gasteiger partial charge >= 0.3 is 0 Å². The number of nitrogens with two attached hydrogens (primary N) is 1. The molecule has 0 saturated carbocycles. The Balaban J connectivity index is 0.00000225. The monoisotopic (exact) mass is 265 g/mol. The fraction of sp³-hybridized carbons (Fsp3) is 0.400. The zero-order valence-corrected chi connectivity index (χ0v) is 10.6. The van der Waals surface area contributed by atoms with Crippen molar-refractivity contribution in [1.29, 1.82) is 0 Å². The lowest BCUT2D eigenvalue weighted by Crippen LogP contribution is -2.14. The van der Waals surface area contributed by atoms with E-state index in [1.54, 1.807) is 19.1 Å². The molecular weight excluding hydrogens is 250 g/mol. The van der Waals surface area contributed by atoms with E-state index in [-0.39, 0.29) is 24.8 Å². The van der Waals surface area contributed by atoms with Gasteiger partial charge in [-0.1, -0.05) is 19.1 Å². The molecule has 0 fully saturated rings. The van der Waals surface area contributed by atoms with Gasteiger partial charge < -0.3 is 10.8 Å². The number of sulfone groups is 1. The van der Waals surface area contributed by atoms with Gasteiger partial charge in [0.2, 0.25) is 0 Å². The summed E-state index contributed by atoms with van der Waals surface area (Å²) in [4.78, 5) is 0.291. The van der Waals surface area contributed by atoms with E-state index in [0.29, 0.717) is 4.90 Å². The summed E-state index contributed by atoms with van der Waals surface area (Å²) in [7, 11) is -3.15. The molecule has 1 unspecified atom stereocenters. The first-order chi connectivity index (χ1) is 7.01. The van der Waals surface area contributed by atoms with Crippen LogP contribution in [0.2, 0.25) is 0 Å². The summed E-state index contributed by atoms with van der Waals surface area (Å²) < 4.78 is 22.9. The highest BCUT2D eigenvalue weighted by Crippen LogP contribution is 2.15. The second kappa shape index (κ2) is 6.20. The van der Waals surface area contributed by atoms with Gasteiger partial charge in [0.1, 0.15) is 0 Å². The average molecular weight is 266 g/mol. The molecule has 0 aliphatic rings. The van der Waals surface area contributed by atoms with E-state index in [0.717, 1.165) is 5.56 Å². The van der Waals surface area contributed by atoms with Crippen molar-refractivity contribution in [1.82, 2.24) is 0 Å². The van der Waals surface area contributed by atoms with E-state index in [2.05, 4.69) is 0 Å². The van der Waals surface area contributed by atoms with Crippen LogP contribution in [0.15, 0.2) is 29.2 Å². The molecule has 0 aromatic heterocycles. The van der Waals surface area contributed by atoms with Gasteiger partial charge in [-0.25, -0.2) is 8.42 Å². The van der Waals surface area contributed by atoms with Crippen LogP contribution in [-0.2, 0) is 9.84 Å². The van der Waals surface area contributed by atoms with E-state index in [1.807, 2.05) is 0 Å². The minimum Gasteiger partial charge on any atom is -0.394 e. The SMILES string of the molecule is CCS(=O)(=O)c1ccc(C(N)CO)cc1.Cl. The Morgan fingerprint density at radius 2 is 1.81 bits per heavy atom. The van der Waals surface area contributed by atoms with Crippen LogP contribution in [0.3, 0.4) is 0 Å². The maximum Gasteiger partial charge on any atom is 0.178 e. The summed E-state index contributed by atoms with van der Waals surface area (Å²) in [5.41, 5.74) is 6.32. The maximum absolute atomic E-state index is 11.5. The molecule has 0 amide bonds. The van der Waals surface area contributed by atoms with Gasteiger partial charge in [-0.15, -0.1) is 12.4 Å². The number of hydrogen-bond donors (Lipinski definition) is 2. The smallest absolute Gasteiger partial charge is 0.178 e. The van der Waals surface area contributed by atoms with Gasteiger partial charge in [0.15, 0.2) is 9.84 Å². The van der Waals surface area contributed by atoms with Crippen LogP contribution < -0.4 is 5.73 Å². The zero-order chi connectivity index (χ0) is 11.5. The van der Waals surface area contributed by atoms with Crippen molar-refractivity contribution in [2.24, 2.45) is 5.73 Å². The highest BCUT2D eigenvalue weighted by Gasteiger charge is 2.12. The van der Waals surface area contributed by atoms with E-state index in [1.165, 1.54) is 12.1 Å². The molecule has 6 heteroatoms. The summed E-state index contributed by atoms with van der Waals surface area (Å²) >= 11 is 0. The third kappa shape index (κ3) is 3.45. The second-order valence-electron chi connectivity index (χ2n) is 3.26. The Bertz CT molecular complexity index is 416. The molecule has 1 aromatic carbocycles. The first kappa shape index (κ1) is 15.4. The number of benzene rings is 1. The molecule has 0 bridgehead atoms. The largest absolute Gasteiger partial charge is 0.394 e. The van der Waals surface area contributed by atoms with Gasteiger partial charge in [-0.05, 0) is 17.7 Å². The van der Waals surface area contributed by atoms with Gasteiger partial charge in [0, 0.05) is 0 Å². The van der Waals surface area contributed by atoms with Gasteiger partial charge in [0.25, 0.3) is 0 Å². The molecule has 0 heterocycles. The van der Waals surface area contributed by atoms with Crippen LogP contribution in [0.1, 0.15) is 18.5 Å². The van der Waals surface area contributed by atoms with Crippen molar-refractivity contribution in [3.05, 3.63) is 29.8 Å². The topological polar surface area (TPSA) is 80.4 Å². The summed E-state index contributed by atoms with van der Waals surface area (Å²) in [5.74, 6) is 0.0817. The highest BCUT2D eigenvalue weighted by atomic mass is 35.5. The van der Waals surface area contributed by atoms with Gasteiger partial charge in [0.05, 0.1) is 23.3 Å². The van der Waals surface area contributed by atoms with E-state index >= 15 is 0 Å². The molecule has 0 aliphatic heterocycles. The molecule has 0 radical (unpaired) electrons. The van der Waals surface area contributed by atoms with Crippen molar-refractivity contribution in [3.63, 3.8) is 0 Å². The predicted molar refractivity (Wildman–Crippen MR) is 65.4 cm³/mol. The summed E-state index contributed by atoms with van der Waals surface area (Å²) in [5, 5.41) is 8.82. The minimum absolute atomic E-state index is 0. The molecule has 92 valence electrons. The fourth-order valence-corrected chi connectivity index (χ4v) is 2.08. The summed E-state index contributed by atoms with van der Waals surface area (Å²) in [6.07, 6.45) is 0. The predicted octanol–water partition coefficient (Wildman–Crippen LogP) is 0.894. The highest BCUT2D eigenvalue weighted by molar-refractivity contribution is 7.91.